The van der Waals surface area contributed by atoms with Crippen molar-refractivity contribution in [3.8, 4) is 0 Å². The second kappa shape index (κ2) is 7.61. The van der Waals surface area contributed by atoms with Crippen molar-refractivity contribution < 1.29 is 0 Å². The van der Waals surface area contributed by atoms with Gasteiger partial charge in [-0.25, -0.2) is 4.98 Å². The van der Waals surface area contributed by atoms with E-state index in [1.54, 1.807) is 11.1 Å². The average Bonchev–Trinajstić information content (AvgIpc) is 3.29. The molecule has 1 N–H and O–H groups in total. The number of rotatable bonds is 6. The molecule has 1 aliphatic carbocycles. The maximum absolute atomic E-state index is 4.51. The molecule has 4 nitrogen and oxygen atoms in total. The number of hydrogen-bond acceptors (Lipinski definition) is 3. The summed E-state index contributed by atoms with van der Waals surface area (Å²) in [5, 5.41) is 3.73. The van der Waals surface area contributed by atoms with Crippen LogP contribution in [-0.2, 0) is 25.9 Å². The lowest BCUT2D eigenvalue weighted by Crippen LogP contribution is -2.42. The SMILES string of the molecule is CCCn1ccnc1CNC1CCN(c2ccc3c(c2)CCC3)CC1. The van der Waals surface area contributed by atoms with Gasteiger partial charge in [0.05, 0.1) is 6.54 Å². The van der Waals surface area contributed by atoms with Crippen molar-refractivity contribution in [1.82, 2.24) is 14.9 Å². The Bertz CT molecular complexity index is 698. The molecule has 1 aliphatic heterocycles. The fourth-order valence-corrected chi connectivity index (χ4v) is 4.28. The quantitative estimate of drug-likeness (QED) is 0.874. The number of hydrogen-bond donors (Lipinski definition) is 1. The number of aromatic nitrogens is 2. The summed E-state index contributed by atoms with van der Waals surface area (Å²) in [5.41, 5.74) is 4.58. The molecule has 2 aliphatic rings. The summed E-state index contributed by atoms with van der Waals surface area (Å²) in [6.45, 7) is 6.47. The predicted octanol–water partition coefficient (Wildman–Crippen LogP) is 3.54. The van der Waals surface area contributed by atoms with Gasteiger partial charge in [-0.2, -0.15) is 0 Å². The van der Waals surface area contributed by atoms with E-state index in [0.717, 1.165) is 32.6 Å². The number of imidazole rings is 1. The summed E-state index contributed by atoms with van der Waals surface area (Å²) in [5.74, 6) is 1.17. The van der Waals surface area contributed by atoms with Gasteiger partial charge in [0.15, 0.2) is 0 Å². The molecule has 0 saturated carbocycles. The number of benzene rings is 1. The standard InChI is InChI=1S/C21H30N4/c1-2-11-25-14-10-22-21(25)16-23-19-8-12-24(13-9-19)20-7-6-17-4-3-5-18(17)15-20/h6-7,10,14-15,19,23H,2-5,8-9,11-13,16H2,1H3. The molecular formula is C21H30N4. The Labute approximate surface area is 151 Å². The van der Waals surface area contributed by atoms with Gasteiger partial charge in [-0.05, 0) is 61.8 Å². The number of anilines is 1. The maximum Gasteiger partial charge on any atom is 0.122 e. The monoisotopic (exact) mass is 338 g/mol. The molecule has 2 heterocycles. The van der Waals surface area contributed by atoms with Gasteiger partial charge in [0.25, 0.3) is 0 Å². The lowest BCUT2D eigenvalue weighted by atomic mass is 10.0. The van der Waals surface area contributed by atoms with E-state index in [-0.39, 0.29) is 0 Å². The summed E-state index contributed by atoms with van der Waals surface area (Å²) < 4.78 is 2.27. The molecule has 1 saturated heterocycles. The van der Waals surface area contributed by atoms with Crippen LogP contribution in [-0.4, -0.2) is 28.7 Å². The molecule has 0 radical (unpaired) electrons. The highest BCUT2D eigenvalue weighted by molar-refractivity contribution is 5.52. The van der Waals surface area contributed by atoms with Crippen molar-refractivity contribution >= 4 is 5.69 Å². The van der Waals surface area contributed by atoms with Crippen LogP contribution in [0.4, 0.5) is 5.69 Å². The van der Waals surface area contributed by atoms with E-state index >= 15 is 0 Å². The molecule has 4 rings (SSSR count). The van der Waals surface area contributed by atoms with Gasteiger partial charge in [0, 0.05) is 43.8 Å². The fraction of sp³-hybridized carbons (Fsp3) is 0.571. The normalized spacial score (nSPS) is 17.9. The van der Waals surface area contributed by atoms with Crippen molar-refractivity contribution in [2.45, 2.75) is 64.6 Å². The van der Waals surface area contributed by atoms with Gasteiger partial charge in [0.1, 0.15) is 5.82 Å². The molecule has 0 atom stereocenters. The van der Waals surface area contributed by atoms with E-state index in [1.807, 2.05) is 6.20 Å². The fourth-order valence-electron chi connectivity index (χ4n) is 4.28. The third-order valence-corrected chi connectivity index (χ3v) is 5.76. The molecular weight excluding hydrogens is 308 g/mol. The van der Waals surface area contributed by atoms with Gasteiger partial charge >= 0.3 is 0 Å². The van der Waals surface area contributed by atoms with Crippen LogP contribution in [0.3, 0.4) is 0 Å². The Morgan fingerprint density at radius 3 is 2.84 bits per heavy atom. The Morgan fingerprint density at radius 1 is 1.16 bits per heavy atom. The molecule has 0 unspecified atom stereocenters. The van der Waals surface area contributed by atoms with Crippen LogP contribution >= 0.6 is 0 Å². The van der Waals surface area contributed by atoms with Crippen molar-refractivity contribution in [3.05, 3.63) is 47.5 Å². The Balaban J connectivity index is 1.29. The number of nitrogens with one attached hydrogen (secondary N) is 1. The van der Waals surface area contributed by atoms with Crippen LogP contribution in [0.2, 0.25) is 0 Å². The lowest BCUT2D eigenvalue weighted by Gasteiger charge is -2.34. The topological polar surface area (TPSA) is 33.1 Å². The zero-order valence-electron chi connectivity index (χ0n) is 15.4. The number of piperidine rings is 1. The van der Waals surface area contributed by atoms with Crippen LogP contribution in [0.15, 0.2) is 30.6 Å². The minimum Gasteiger partial charge on any atom is -0.371 e. The first-order chi connectivity index (χ1) is 12.3. The van der Waals surface area contributed by atoms with E-state index in [4.69, 9.17) is 0 Å². The molecule has 1 fully saturated rings. The third kappa shape index (κ3) is 3.74. The van der Waals surface area contributed by atoms with Crippen molar-refractivity contribution in [2.75, 3.05) is 18.0 Å². The van der Waals surface area contributed by atoms with Gasteiger partial charge in [0.2, 0.25) is 0 Å². The summed E-state index contributed by atoms with van der Waals surface area (Å²) in [7, 11) is 0. The Morgan fingerprint density at radius 2 is 2.00 bits per heavy atom. The molecule has 134 valence electrons. The summed E-state index contributed by atoms with van der Waals surface area (Å²) in [6.07, 6.45) is 11.5. The zero-order valence-corrected chi connectivity index (χ0v) is 15.4. The van der Waals surface area contributed by atoms with Crippen LogP contribution in [0.25, 0.3) is 0 Å². The van der Waals surface area contributed by atoms with Crippen LogP contribution in [0.5, 0.6) is 0 Å². The van der Waals surface area contributed by atoms with Crippen molar-refractivity contribution in [3.63, 3.8) is 0 Å². The van der Waals surface area contributed by atoms with Gasteiger partial charge < -0.3 is 14.8 Å². The van der Waals surface area contributed by atoms with E-state index < -0.39 is 0 Å². The highest BCUT2D eigenvalue weighted by Gasteiger charge is 2.21. The van der Waals surface area contributed by atoms with Gasteiger partial charge in [-0.15, -0.1) is 0 Å². The summed E-state index contributed by atoms with van der Waals surface area (Å²) >= 11 is 0. The van der Waals surface area contributed by atoms with E-state index in [9.17, 15) is 0 Å². The maximum atomic E-state index is 4.51. The molecule has 0 amide bonds. The minimum absolute atomic E-state index is 0.609. The molecule has 1 aromatic heterocycles. The van der Waals surface area contributed by atoms with Gasteiger partial charge in [-0.3, -0.25) is 0 Å². The molecule has 25 heavy (non-hydrogen) atoms. The Kier molecular flexibility index (Phi) is 5.07. The van der Waals surface area contributed by atoms with E-state index in [1.165, 1.54) is 43.6 Å². The number of fused-ring (bicyclic) bond motifs is 1. The zero-order chi connectivity index (χ0) is 17.1. The molecule has 1 aromatic carbocycles. The minimum atomic E-state index is 0.609. The number of nitrogens with zero attached hydrogens (tertiary/aromatic N) is 3. The van der Waals surface area contributed by atoms with Crippen LogP contribution < -0.4 is 10.2 Å². The highest BCUT2D eigenvalue weighted by Crippen LogP contribution is 2.28. The first-order valence-electron chi connectivity index (χ1n) is 9.93. The lowest BCUT2D eigenvalue weighted by molar-refractivity contribution is 0.405. The molecule has 0 spiro atoms. The number of aryl methyl sites for hydroxylation is 3. The summed E-state index contributed by atoms with van der Waals surface area (Å²) in [6, 6.07) is 7.74. The summed E-state index contributed by atoms with van der Waals surface area (Å²) in [4.78, 5) is 7.07. The van der Waals surface area contributed by atoms with E-state index in [0.29, 0.717) is 6.04 Å². The third-order valence-electron chi connectivity index (χ3n) is 5.76. The van der Waals surface area contributed by atoms with Crippen LogP contribution in [0, 0.1) is 0 Å². The predicted molar refractivity (Wildman–Crippen MR) is 103 cm³/mol. The first kappa shape index (κ1) is 16.6. The molecule has 4 heteroatoms. The van der Waals surface area contributed by atoms with Crippen molar-refractivity contribution in [2.24, 2.45) is 0 Å². The molecule has 0 bridgehead atoms. The van der Waals surface area contributed by atoms with Gasteiger partial charge in [-0.1, -0.05) is 13.0 Å². The van der Waals surface area contributed by atoms with Crippen LogP contribution in [0.1, 0.15) is 49.6 Å². The smallest absolute Gasteiger partial charge is 0.122 e. The van der Waals surface area contributed by atoms with Crippen molar-refractivity contribution in [1.29, 1.82) is 0 Å². The largest absolute Gasteiger partial charge is 0.371 e. The second-order valence-electron chi connectivity index (χ2n) is 7.49. The average molecular weight is 338 g/mol. The molecule has 2 aromatic rings. The Hall–Kier alpha value is -1.81. The highest BCUT2D eigenvalue weighted by atomic mass is 15.2. The second-order valence-corrected chi connectivity index (χ2v) is 7.49. The van der Waals surface area contributed by atoms with E-state index in [2.05, 4.69) is 51.1 Å². The first-order valence-corrected chi connectivity index (χ1v) is 9.93.